The third-order valence-corrected chi connectivity index (χ3v) is 3.80. The molecule has 1 aliphatic rings. The van der Waals surface area contributed by atoms with E-state index in [9.17, 15) is 4.79 Å². The molecule has 4 nitrogen and oxygen atoms in total. The van der Waals surface area contributed by atoms with Gasteiger partial charge in [-0.05, 0) is 29.8 Å². The predicted molar refractivity (Wildman–Crippen MR) is 84.2 cm³/mol. The Bertz CT molecular complexity index is 663. The molecule has 0 radical (unpaired) electrons. The lowest BCUT2D eigenvalue weighted by atomic mass is 10.1. The molecule has 1 aliphatic heterocycles. The number of hydrogen-bond acceptors (Lipinski definition) is 3. The van der Waals surface area contributed by atoms with Crippen LogP contribution in [0.5, 0.6) is 5.75 Å². The van der Waals surface area contributed by atoms with Crippen LogP contribution in [-0.4, -0.2) is 19.1 Å². The highest BCUT2D eigenvalue weighted by atomic mass is 35.5. The van der Waals surface area contributed by atoms with E-state index < -0.39 is 0 Å². The number of ether oxygens (including phenoxy) is 1. The second-order valence-corrected chi connectivity index (χ2v) is 5.30. The Labute approximate surface area is 128 Å². The van der Waals surface area contributed by atoms with E-state index in [4.69, 9.17) is 16.3 Å². The molecule has 0 saturated carbocycles. The van der Waals surface area contributed by atoms with Crippen molar-refractivity contribution >= 4 is 28.9 Å². The van der Waals surface area contributed by atoms with Crippen molar-refractivity contribution in [1.29, 1.82) is 0 Å². The number of anilines is 2. The first kappa shape index (κ1) is 13.8. The molecule has 0 bridgehead atoms. The van der Waals surface area contributed by atoms with Crippen LogP contribution in [0.2, 0.25) is 5.02 Å². The minimum atomic E-state index is -0.261. The Morgan fingerprint density at radius 2 is 2.14 bits per heavy atom. The van der Waals surface area contributed by atoms with Crippen molar-refractivity contribution in [2.75, 3.05) is 17.7 Å². The Morgan fingerprint density at radius 1 is 1.33 bits per heavy atom. The van der Waals surface area contributed by atoms with E-state index >= 15 is 0 Å². The molecule has 0 unspecified atom stereocenters. The molecular weight excluding hydrogens is 288 g/mol. The van der Waals surface area contributed by atoms with Gasteiger partial charge < -0.3 is 15.4 Å². The number of hydrogen-bond donors (Lipinski definition) is 2. The molecule has 1 atom stereocenters. The minimum absolute atomic E-state index is 0.0765. The Hall–Kier alpha value is -2.20. The zero-order valence-corrected chi connectivity index (χ0v) is 12.3. The van der Waals surface area contributed by atoms with Gasteiger partial charge in [0.1, 0.15) is 11.8 Å². The minimum Gasteiger partial charge on any atom is -0.495 e. The van der Waals surface area contributed by atoms with E-state index in [1.54, 1.807) is 25.3 Å². The average molecular weight is 303 g/mol. The third-order valence-electron chi connectivity index (χ3n) is 3.51. The molecule has 21 heavy (non-hydrogen) atoms. The average Bonchev–Trinajstić information content (AvgIpc) is 2.91. The monoisotopic (exact) mass is 302 g/mol. The number of halogens is 1. The van der Waals surface area contributed by atoms with E-state index in [0.29, 0.717) is 22.9 Å². The highest BCUT2D eigenvalue weighted by Crippen LogP contribution is 2.29. The fraction of sp³-hybridized carbons (Fsp3) is 0.188. The van der Waals surface area contributed by atoms with Crippen molar-refractivity contribution in [3.05, 3.63) is 53.1 Å². The molecule has 0 fully saturated rings. The molecule has 2 N–H and O–H groups in total. The molecule has 1 heterocycles. The lowest BCUT2D eigenvalue weighted by molar-refractivity contribution is -0.116. The molecule has 0 saturated heterocycles. The maximum absolute atomic E-state index is 12.3. The molecule has 3 rings (SSSR count). The van der Waals surface area contributed by atoms with Gasteiger partial charge in [-0.25, -0.2) is 0 Å². The predicted octanol–water partition coefficient (Wildman–Crippen LogP) is 3.32. The van der Waals surface area contributed by atoms with E-state index in [2.05, 4.69) is 10.6 Å². The maximum atomic E-state index is 12.3. The largest absolute Gasteiger partial charge is 0.495 e. The Kier molecular flexibility index (Phi) is 3.71. The summed E-state index contributed by atoms with van der Waals surface area (Å²) in [6.45, 7) is 0. The first-order valence-electron chi connectivity index (χ1n) is 6.66. The molecule has 5 heteroatoms. The van der Waals surface area contributed by atoms with Gasteiger partial charge in [-0.15, -0.1) is 0 Å². The molecule has 0 spiro atoms. The standard InChI is InChI=1S/C16H15ClN2O2/c1-21-15-7-6-11(9-12(15)17)18-16(20)14-8-10-4-2-3-5-13(10)19-14/h2-7,9,14,19H,8H2,1H3,(H,18,20)/t14-/m0/s1. The number of fused-ring (bicyclic) bond motifs is 1. The number of carbonyl (C=O) groups excluding carboxylic acids is 1. The number of amides is 1. The maximum Gasteiger partial charge on any atom is 0.247 e. The molecule has 1 amide bonds. The van der Waals surface area contributed by atoms with Crippen LogP contribution in [0.1, 0.15) is 5.56 Å². The molecule has 0 aliphatic carbocycles. The summed E-state index contributed by atoms with van der Waals surface area (Å²) in [4.78, 5) is 12.3. The number of para-hydroxylation sites is 1. The number of nitrogens with one attached hydrogen (secondary N) is 2. The van der Waals surface area contributed by atoms with Crippen LogP contribution >= 0.6 is 11.6 Å². The second-order valence-electron chi connectivity index (χ2n) is 4.90. The number of benzene rings is 2. The molecule has 0 aromatic heterocycles. The summed E-state index contributed by atoms with van der Waals surface area (Å²) < 4.78 is 5.09. The lowest BCUT2D eigenvalue weighted by Crippen LogP contribution is -2.32. The van der Waals surface area contributed by atoms with Crippen molar-refractivity contribution in [2.24, 2.45) is 0 Å². The highest BCUT2D eigenvalue weighted by molar-refractivity contribution is 6.32. The van der Waals surface area contributed by atoms with Crippen LogP contribution in [0.15, 0.2) is 42.5 Å². The van der Waals surface area contributed by atoms with Crippen molar-refractivity contribution in [3.63, 3.8) is 0 Å². The molecule has 108 valence electrons. The second kappa shape index (κ2) is 5.66. The summed E-state index contributed by atoms with van der Waals surface area (Å²) in [6.07, 6.45) is 0.686. The zero-order chi connectivity index (χ0) is 14.8. The van der Waals surface area contributed by atoms with Crippen molar-refractivity contribution < 1.29 is 9.53 Å². The van der Waals surface area contributed by atoms with Crippen LogP contribution in [0, 0.1) is 0 Å². The van der Waals surface area contributed by atoms with Crippen LogP contribution in [0.3, 0.4) is 0 Å². The molecule has 2 aromatic carbocycles. The van der Waals surface area contributed by atoms with Gasteiger partial charge in [0.2, 0.25) is 5.91 Å². The van der Waals surface area contributed by atoms with Gasteiger partial charge in [0.05, 0.1) is 12.1 Å². The van der Waals surface area contributed by atoms with Crippen LogP contribution < -0.4 is 15.4 Å². The SMILES string of the molecule is COc1ccc(NC(=O)[C@@H]2Cc3ccccc3N2)cc1Cl. The van der Waals surface area contributed by atoms with Gasteiger partial charge in [-0.3, -0.25) is 4.79 Å². The smallest absolute Gasteiger partial charge is 0.247 e. The third kappa shape index (κ3) is 2.81. The Balaban J connectivity index is 1.69. The van der Waals surface area contributed by atoms with Crippen LogP contribution in [0.25, 0.3) is 0 Å². The first-order valence-corrected chi connectivity index (χ1v) is 7.04. The van der Waals surface area contributed by atoms with Crippen LogP contribution in [0.4, 0.5) is 11.4 Å². The quantitative estimate of drug-likeness (QED) is 0.914. The van der Waals surface area contributed by atoms with E-state index in [0.717, 1.165) is 11.3 Å². The highest BCUT2D eigenvalue weighted by Gasteiger charge is 2.26. The van der Waals surface area contributed by atoms with E-state index in [1.165, 1.54) is 0 Å². The molecule has 2 aromatic rings. The van der Waals surface area contributed by atoms with E-state index in [1.807, 2.05) is 24.3 Å². The first-order chi connectivity index (χ1) is 10.2. The van der Waals surface area contributed by atoms with Crippen LogP contribution in [-0.2, 0) is 11.2 Å². The van der Waals surface area contributed by atoms with E-state index in [-0.39, 0.29) is 11.9 Å². The number of carbonyl (C=O) groups is 1. The van der Waals surface area contributed by atoms with Gasteiger partial charge in [-0.1, -0.05) is 29.8 Å². The van der Waals surface area contributed by atoms with Crippen molar-refractivity contribution in [1.82, 2.24) is 0 Å². The lowest BCUT2D eigenvalue weighted by Gasteiger charge is -2.13. The van der Waals surface area contributed by atoms with Gasteiger partial charge in [0.25, 0.3) is 0 Å². The summed E-state index contributed by atoms with van der Waals surface area (Å²) in [5.41, 5.74) is 2.83. The normalized spacial score (nSPS) is 16.0. The number of rotatable bonds is 3. The Morgan fingerprint density at radius 3 is 2.86 bits per heavy atom. The van der Waals surface area contributed by atoms with Crippen molar-refractivity contribution in [3.8, 4) is 5.75 Å². The fourth-order valence-electron chi connectivity index (χ4n) is 2.43. The molecular formula is C16H15ClN2O2. The fourth-order valence-corrected chi connectivity index (χ4v) is 2.69. The van der Waals surface area contributed by atoms with Gasteiger partial charge in [0.15, 0.2) is 0 Å². The summed E-state index contributed by atoms with van der Waals surface area (Å²) in [5.74, 6) is 0.508. The zero-order valence-electron chi connectivity index (χ0n) is 11.5. The number of methoxy groups -OCH3 is 1. The van der Waals surface area contributed by atoms with Gasteiger partial charge in [0, 0.05) is 17.8 Å². The van der Waals surface area contributed by atoms with Crippen molar-refractivity contribution in [2.45, 2.75) is 12.5 Å². The summed E-state index contributed by atoms with van der Waals surface area (Å²) in [6, 6.07) is 12.9. The topological polar surface area (TPSA) is 50.4 Å². The summed E-state index contributed by atoms with van der Waals surface area (Å²) in [7, 11) is 1.55. The van der Waals surface area contributed by atoms with Gasteiger partial charge in [-0.2, -0.15) is 0 Å². The van der Waals surface area contributed by atoms with Gasteiger partial charge >= 0.3 is 0 Å². The summed E-state index contributed by atoms with van der Waals surface area (Å²) >= 11 is 6.05. The summed E-state index contributed by atoms with van der Waals surface area (Å²) in [5, 5.41) is 6.56.